The van der Waals surface area contributed by atoms with Gasteiger partial charge in [0.15, 0.2) is 11.9 Å². The van der Waals surface area contributed by atoms with E-state index in [0.717, 1.165) is 41.9 Å². The molecule has 0 aromatic carbocycles. The summed E-state index contributed by atoms with van der Waals surface area (Å²) in [5.74, 6) is -1.22. The van der Waals surface area contributed by atoms with E-state index in [1.807, 2.05) is 19.1 Å². The molecule has 29 heavy (non-hydrogen) atoms. The number of carbonyl (C=O) groups is 2. The fourth-order valence-corrected chi connectivity index (χ4v) is 6.30. The lowest BCUT2D eigenvalue weighted by molar-refractivity contribution is -0.155. The molecule has 2 aromatic rings. The Bertz CT molecular complexity index is 976. The van der Waals surface area contributed by atoms with Gasteiger partial charge in [0.05, 0.1) is 5.57 Å². The maximum atomic E-state index is 13.0. The first kappa shape index (κ1) is 19.1. The summed E-state index contributed by atoms with van der Waals surface area (Å²) < 4.78 is 5.66. The van der Waals surface area contributed by atoms with E-state index in [-0.39, 0.29) is 22.7 Å². The van der Waals surface area contributed by atoms with E-state index in [0.29, 0.717) is 12.3 Å². The van der Waals surface area contributed by atoms with Crippen molar-refractivity contribution in [2.75, 3.05) is 0 Å². The Morgan fingerprint density at radius 2 is 2.03 bits per heavy atom. The minimum atomic E-state index is -0.864. The van der Waals surface area contributed by atoms with Gasteiger partial charge in [0.25, 0.3) is 0 Å². The lowest BCUT2D eigenvalue weighted by atomic mass is 9.85. The monoisotopic (exact) mass is 428 g/mol. The largest absolute Gasteiger partial charge is 0.504 e. The molecule has 6 heteroatoms. The van der Waals surface area contributed by atoms with Crippen LogP contribution < -0.4 is 0 Å². The van der Waals surface area contributed by atoms with Crippen molar-refractivity contribution in [3.05, 3.63) is 55.6 Å². The van der Waals surface area contributed by atoms with Gasteiger partial charge in [-0.3, -0.25) is 4.79 Å². The predicted octanol–water partition coefficient (Wildman–Crippen LogP) is 5.33. The van der Waals surface area contributed by atoms with Gasteiger partial charge in [-0.1, -0.05) is 0 Å². The summed E-state index contributed by atoms with van der Waals surface area (Å²) in [6.45, 7) is 2.02. The summed E-state index contributed by atoms with van der Waals surface area (Å²) in [7, 11) is 0. The molecular formula is C23H24O4S2. The number of thiophene rings is 2. The van der Waals surface area contributed by atoms with E-state index in [1.54, 1.807) is 22.7 Å². The average molecular weight is 429 g/mol. The number of Topliss-reactive ketones (excluding diaryl/α,β-unsaturated/α-hetero) is 1. The smallest absolute Gasteiger partial charge is 0.339 e. The van der Waals surface area contributed by atoms with Crippen LogP contribution in [0.25, 0.3) is 0 Å². The first-order chi connectivity index (χ1) is 14.0. The molecule has 3 heterocycles. The molecule has 1 aliphatic heterocycles. The number of esters is 1. The summed E-state index contributed by atoms with van der Waals surface area (Å²) in [6.07, 6.45) is 4.60. The molecule has 0 bridgehead atoms. The van der Waals surface area contributed by atoms with Gasteiger partial charge in [0.1, 0.15) is 0 Å². The van der Waals surface area contributed by atoms with Crippen molar-refractivity contribution < 1.29 is 19.4 Å². The molecule has 2 saturated carbocycles. The number of hydrogen-bond acceptors (Lipinski definition) is 6. The summed E-state index contributed by atoms with van der Waals surface area (Å²) in [4.78, 5) is 28.1. The maximum Gasteiger partial charge on any atom is 0.339 e. The Balaban J connectivity index is 1.39. The molecular weight excluding hydrogens is 404 g/mol. The zero-order valence-electron chi connectivity index (χ0n) is 16.3. The minimum Gasteiger partial charge on any atom is -0.504 e. The van der Waals surface area contributed by atoms with E-state index in [2.05, 4.69) is 16.8 Å². The topological polar surface area (TPSA) is 63.6 Å². The van der Waals surface area contributed by atoms with E-state index < -0.39 is 17.9 Å². The highest BCUT2D eigenvalue weighted by molar-refractivity contribution is 7.12. The van der Waals surface area contributed by atoms with E-state index in [1.165, 1.54) is 5.56 Å². The van der Waals surface area contributed by atoms with Gasteiger partial charge in [-0.15, -0.1) is 11.3 Å². The average Bonchev–Trinajstić information content (AvgIpc) is 3.56. The van der Waals surface area contributed by atoms with Crippen LogP contribution in [0.4, 0.5) is 0 Å². The molecule has 152 valence electrons. The highest BCUT2D eigenvalue weighted by Gasteiger charge is 2.51. The third kappa shape index (κ3) is 3.68. The number of ketones is 1. The summed E-state index contributed by atoms with van der Waals surface area (Å²) >= 11 is 3.29. The van der Waals surface area contributed by atoms with Gasteiger partial charge in [0.2, 0.25) is 5.78 Å². The number of rotatable bonds is 7. The van der Waals surface area contributed by atoms with Gasteiger partial charge in [-0.2, -0.15) is 11.3 Å². The van der Waals surface area contributed by atoms with Crippen LogP contribution in [-0.4, -0.2) is 23.0 Å². The Labute approximate surface area is 178 Å². The molecule has 0 radical (unpaired) electrons. The van der Waals surface area contributed by atoms with Crippen LogP contribution in [0.5, 0.6) is 0 Å². The van der Waals surface area contributed by atoms with Crippen LogP contribution in [0.3, 0.4) is 0 Å². The zero-order chi connectivity index (χ0) is 20.2. The Morgan fingerprint density at radius 1 is 1.24 bits per heavy atom. The van der Waals surface area contributed by atoms with E-state index in [4.69, 9.17) is 4.74 Å². The fraction of sp³-hybridized carbons (Fsp3) is 0.478. The van der Waals surface area contributed by atoms with Crippen LogP contribution in [0, 0.1) is 18.3 Å². The second-order valence-corrected chi connectivity index (χ2v) is 10.9. The number of carbonyl (C=O) groups excluding carboxylic acids is 2. The minimum absolute atomic E-state index is 0.0141. The second kappa shape index (κ2) is 7.10. The Morgan fingerprint density at radius 3 is 2.62 bits per heavy atom. The molecule has 5 rings (SSSR count). The third-order valence-corrected chi connectivity index (χ3v) is 8.27. The van der Waals surface area contributed by atoms with Crippen LogP contribution in [0.1, 0.15) is 53.3 Å². The molecule has 1 N–H and O–H groups in total. The van der Waals surface area contributed by atoms with E-state index >= 15 is 0 Å². The van der Waals surface area contributed by atoms with Gasteiger partial charge >= 0.3 is 5.97 Å². The van der Waals surface area contributed by atoms with Crippen molar-refractivity contribution in [3.63, 3.8) is 0 Å². The quantitative estimate of drug-likeness (QED) is 0.605. The molecule has 2 atom stereocenters. The molecule has 2 aliphatic carbocycles. The van der Waals surface area contributed by atoms with Crippen molar-refractivity contribution in [3.8, 4) is 0 Å². The van der Waals surface area contributed by atoms with E-state index in [9.17, 15) is 14.7 Å². The molecule has 0 saturated heterocycles. The Hall–Kier alpha value is -1.92. The molecule has 4 nitrogen and oxygen atoms in total. The molecule has 2 aromatic heterocycles. The third-order valence-electron chi connectivity index (χ3n) is 6.46. The van der Waals surface area contributed by atoms with Crippen molar-refractivity contribution >= 4 is 34.4 Å². The van der Waals surface area contributed by atoms with Crippen LogP contribution in [0.15, 0.2) is 40.3 Å². The lowest BCUT2D eigenvalue weighted by Crippen LogP contribution is -2.39. The van der Waals surface area contributed by atoms with Crippen molar-refractivity contribution in [1.29, 1.82) is 0 Å². The number of hydrogen-bond donors (Lipinski definition) is 1. The number of cyclic esters (lactones) is 1. The Kier molecular flexibility index (Phi) is 4.67. The van der Waals surface area contributed by atoms with Gasteiger partial charge in [0, 0.05) is 15.7 Å². The lowest BCUT2D eigenvalue weighted by Gasteiger charge is -2.29. The summed E-state index contributed by atoms with van der Waals surface area (Å²) in [5, 5.41) is 15.0. The van der Waals surface area contributed by atoms with Gasteiger partial charge < -0.3 is 9.84 Å². The van der Waals surface area contributed by atoms with Crippen LogP contribution >= 0.6 is 22.7 Å². The molecule has 0 spiro atoms. The number of aliphatic hydroxyl groups is 1. The van der Waals surface area contributed by atoms with Gasteiger partial charge in [-0.05, 0) is 91.3 Å². The molecule has 0 amide bonds. The highest BCUT2D eigenvalue weighted by atomic mass is 32.1. The van der Waals surface area contributed by atoms with Crippen molar-refractivity contribution in [1.82, 2.24) is 0 Å². The number of aryl methyl sites for hydroxylation is 1. The molecule has 3 aliphatic rings. The molecule has 2 unspecified atom stereocenters. The second-order valence-electron chi connectivity index (χ2n) is 8.80. The summed E-state index contributed by atoms with van der Waals surface area (Å²) in [5.41, 5.74) is 1.46. The zero-order valence-corrected chi connectivity index (χ0v) is 18.0. The van der Waals surface area contributed by atoms with Crippen molar-refractivity contribution in [2.45, 2.75) is 57.5 Å². The normalized spacial score (nSPS) is 24.5. The number of aliphatic hydroxyl groups excluding tert-OH is 1. The summed E-state index contributed by atoms with van der Waals surface area (Å²) in [6, 6.07) is 6.14. The first-order valence-corrected chi connectivity index (χ1v) is 12.0. The first-order valence-electron chi connectivity index (χ1n) is 10.2. The molecule has 2 fully saturated rings. The van der Waals surface area contributed by atoms with Crippen molar-refractivity contribution in [2.24, 2.45) is 11.3 Å². The number of ether oxygens (including phenoxy) is 1. The fourth-order valence-electron chi connectivity index (χ4n) is 4.55. The predicted molar refractivity (Wildman–Crippen MR) is 113 cm³/mol. The maximum absolute atomic E-state index is 13.0. The SMILES string of the molecule is Cc1ccc(C(C2=C(O)C(=O)C(CC3(Cc4ccsc4)CC3)OC2=O)C2CC2)s1. The standard InChI is InChI=1S/C23H24O4S2/c1-13-2-5-17(29-13)18(15-3-4-15)19-21(25)20(24)16(27-22(19)26)11-23(7-8-23)10-14-6-9-28-12-14/h2,5-6,9,12,15-16,18,25H,3-4,7-8,10-11H2,1H3. The van der Waals surface area contributed by atoms with Crippen LogP contribution in [-0.2, 0) is 20.7 Å². The van der Waals surface area contributed by atoms with Crippen LogP contribution in [0.2, 0.25) is 0 Å². The van der Waals surface area contributed by atoms with Gasteiger partial charge in [-0.25, -0.2) is 4.79 Å². The highest BCUT2D eigenvalue weighted by Crippen LogP contribution is 2.54.